The zero-order valence-corrected chi connectivity index (χ0v) is 15.9. The van der Waals surface area contributed by atoms with Crippen molar-refractivity contribution in [1.29, 1.82) is 0 Å². The number of fused-ring (bicyclic) bond motifs is 1. The summed E-state index contributed by atoms with van der Waals surface area (Å²) in [6, 6.07) is 9.41. The summed E-state index contributed by atoms with van der Waals surface area (Å²) in [7, 11) is -0.623. The van der Waals surface area contributed by atoms with Crippen molar-refractivity contribution >= 4 is 15.9 Å². The molecule has 1 aliphatic rings. The van der Waals surface area contributed by atoms with Gasteiger partial charge in [-0.3, -0.25) is 0 Å². The zero-order valence-electron chi connectivity index (χ0n) is 15.1. The van der Waals surface area contributed by atoms with E-state index in [0.29, 0.717) is 12.3 Å². The summed E-state index contributed by atoms with van der Waals surface area (Å²) in [6.07, 6.45) is 1.22. The van der Waals surface area contributed by atoms with Gasteiger partial charge in [0.15, 0.2) is 0 Å². The van der Waals surface area contributed by atoms with Crippen LogP contribution in [0, 0.1) is 5.82 Å². The van der Waals surface area contributed by atoms with Gasteiger partial charge < -0.3 is 15.0 Å². The molecule has 1 N–H and O–H groups in total. The van der Waals surface area contributed by atoms with Gasteiger partial charge in [-0.05, 0) is 48.7 Å². The number of carbonyl (C=O) groups is 1. The Morgan fingerprint density at radius 1 is 1.26 bits per heavy atom. The number of aryl methyl sites for hydroxylation is 1. The Morgan fingerprint density at radius 3 is 2.70 bits per heavy atom. The van der Waals surface area contributed by atoms with Crippen LogP contribution in [0.25, 0.3) is 0 Å². The van der Waals surface area contributed by atoms with E-state index in [1.165, 1.54) is 35.2 Å². The number of urea groups is 1. The SMILES string of the molecule is CNC(=O)N(C)C[C@H]1CCc2ccc(S(=O)(=O)c3cccc(F)c3)cc2O1. The Balaban J connectivity index is 1.85. The average molecular weight is 392 g/mol. The lowest BCUT2D eigenvalue weighted by Crippen LogP contribution is -2.42. The van der Waals surface area contributed by atoms with E-state index in [1.807, 2.05) is 0 Å². The second-order valence-corrected chi connectivity index (χ2v) is 8.39. The number of hydrogen-bond acceptors (Lipinski definition) is 4. The molecule has 0 saturated heterocycles. The fourth-order valence-corrected chi connectivity index (χ4v) is 4.36. The molecule has 0 saturated carbocycles. The molecule has 0 radical (unpaired) electrons. The van der Waals surface area contributed by atoms with E-state index in [2.05, 4.69) is 5.32 Å². The molecule has 1 heterocycles. The van der Waals surface area contributed by atoms with Gasteiger partial charge in [0.05, 0.1) is 16.3 Å². The fourth-order valence-electron chi connectivity index (χ4n) is 3.05. The molecule has 8 heteroatoms. The van der Waals surface area contributed by atoms with E-state index in [0.717, 1.165) is 24.5 Å². The molecular weight excluding hydrogens is 371 g/mol. The van der Waals surface area contributed by atoms with Crippen molar-refractivity contribution in [2.24, 2.45) is 0 Å². The number of nitrogens with zero attached hydrogens (tertiary/aromatic N) is 1. The molecule has 0 aliphatic carbocycles. The van der Waals surface area contributed by atoms with Crippen LogP contribution < -0.4 is 10.1 Å². The van der Waals surface area contributed by atoms with Crippen LogP contribution in [0.1, 0.15) is 12.0 Å². The fraction of sp³-hybridized carbons (Fsp3) is 0.316. The predicted molar refractivity (Wildman–Crippen MR) is 98.1 cm³/mol. The minimum Gasteiger partial charge on any atom is -0.488 e. The number of rotatable bonds is 4. The van der Waals surface area contributed by atoms with Gasteiger partial charge in [0.2, 0.25) is 9.84 Å². The number of sulfone groups is 1. The second kappa shape index (κ2) is 7.56. The van der Waals surface area contributed by atoms with Crippen molar-refractivity contribution in [3.8, 4) is 5.75 Å². The van der Waals surface area contributed by atoms with Crippen molar-refractivity contribution in [2.45, 2.75) is 28.7 Å². The summed E-state index contributed by atoms with van der Waals surface area (Å²) < 4.78 is 44.9. The average Bonchev–Trinajstić information content (AvgIpc) is 2.66. The molecule has 0 unspecified atom stereocenters. The summed E-state index contributed by atoms with van der Waals surface area (Å²) in [5.41, 5.74) is 0.909. The predicted octanol–water partition coefficient (Wildman–Crippen LogP) is 2.62. The third kappa shape index (κ3) is 4.05. The smallest absolute Gasteiger partial charge is 0.317 e. The highest BCUT2D eigenvalue weighted by molar-refractivity contribution is 7.91. The Hall–Kier alpha value is -2.61. The van der Waals surface area contributed by atoms with Crippen LogP contribution in [-0.4, -0.2) is 46.1 Å². The highest BCUT2D eigenvalue weighted by Crippen LogP contribution is 2.32. The highest BCUT2D eigenvalue weighted by Gasteiger charge is 2.25. The molecule has 144 valence electrons. The first-order valence-corrected chi connectivity index (χ1v) is 10.0. The highest BCUT2D eigenvalue weighted by atomic mass is 32.2. The van der Waals surface area contributed by atoms with Crippen LogP contribution in [0.3, 0.4) is 0 Å². The van der Waals surface area contributed by atoms with E-state index in [-0.39, 0.29) is 21.9 Å². The van der Waals surface area contributed by atoms with Crippen LogP contribution in [0.5, 0.6) is 5.75 Å². The van der Waals surface area contributed by atoms with Crippen LogP contribution >= 0.6 is 0 Å². The molecule has 27 heavy (non-hydrogen) atoms. The number of amides is 2. The number of carbonyl (C=O) groups excluding carboxylic acids is 1. The van der Waals surface area contributed by atoms with Crippen molar-refractivity contribution in [1.82, 2.24) is 10.2 Å². The molecule has 0 spiro atoms. The quantitative estimate of drug-likeness (QED) is 0.868. The lowest BCUT2D eigenvalue weighted by molar-refractivity contribution is 0.132. The van der Waals surface area contributed by atoms with Gasteiger partial charge in [0, 0.05) is 14.1 Å². The Kier molecular flexibility index (Phi) is 5.36. The minimum absolute atomic E-state index is 0.0483. The van der Waals surface area contributed by atoms with Gasteiger partial charge in [-0.15, -0.1) is 0 Å². The molecular formula is C19H21FN2O4S. The lowest BCUT2D eigenvalue weighted by Gasteiger charge is -2.29. The number of nitrogens with one attached hydrogen (secondary N) is 1. The summed E-state index contributed by atoms with van der Waals surface area (Å²) in [5.74, 6) is -0.128. The maximum atomic E-state index is 13.4. The number of halogens is 1. The van der Waals surface area contributed by atoms with Gasteiger partial charge in [0.1, 0.15) is 17.7 Å². The van der Waals surface area contributed by atoms with E-state index >= 15 is 0 Å². The lowest BCUT2D eigenvalue weighted by atomic mass is 10.0. The largest absolute Gasteiger partial charge is 0.488 e. The first kappa shape index (κ1) is 19.2. The van der Waals surface area contributed by atoms with Gasteiger partial charge in [0.25, 0.3) is 0 Å². The number of hydrogen-bond donors (Lipinski definition) is 1. The van der Waals surface area contributed by atoms with Gasteiger partial charge >= 0.3 is 6.03 Å². The van der Waals surface area contributed by atoms with Crippen LogP contribution in [0.4, 0.5) is 9.18 Å². The summed E-state index contributed by atoms with van der Waals surface area (Å²) in [6.45, 7) is 0.389. The normalized spacial score (nSPS) is 16.2. The molecule has 0 aromatic heterocycles. The maximum absolute atomic E-state index is 13.4. The minimum atomic E-state index is -3.85. The first-order chi connectivity index (χ1) is 12.8. The van der Waals surface area contributed by atoms with E-state index in [4.69, 9.17) is 4.74 Å². The molecule has 2 aromatic carbocycles. The molecule has 0 bridgehead atoms. The van der Waals surface area contributed by atoms with Gasteiger partial charge in [-0.2, -0.15) is 0 Å². The van der Waals surface area contributed by atoms with Crippen molar-refractivity contribution in [3.05, 3.63) is 53.8 Å². The molecule has 1 atom stereocenters. The second-order valence-electron chi connectivity index (χ2n) is 6.44. The molecule has 0 fully saturated rings. The Morgan fingerprint density at radius 2 is 2.00 bits per heavy atom. The summed E-state index contributed by atoms with van der Waals surface area (Å²) in [5, 5.41) is 2.55. The molecule has 1 aliphatic heterocycles. The molecule has 6 nitrogen and oxygen atoms in total. The Bertz CT molecular complexity index is 962. The maximum Gasteiger partial charge on any atom is 0.317 e. The summed E-state index contributed by atoms with van der Waals surface area (Å²) in [4.78, 5) is 13.1. The number of ether oxygens (including phenoxy) is 1. The molecule has 2 amide bonds. The van der Waals surface area contributed by atoms with Gasteiger partial charge in [-0.25, -0.2) is 17.6 Å². The van der Waals surface area contributed by atoms with E-state index < -0.39 is 15.7 Å². The molecule has 2 aromatic rings. The zero-order chi connectivity index (χ0) is 19.6. The van der Waals surface area contributed by atoms with Gasteiger partial charge in [-0.1, -0.05) is 12.1 Å². The van der Waals surface area contributed by atoms with Crippen molar-refractivity contribution in [2.75, 3.05) is 20.6 Å². The topological polar surface area (TPSA) is 75.7 Å². The van der Waals surface area contributed by atoms with E-state index in [9.17, 15) is 17.6 Å². The Labute approximate surface area is 157 Å². The van der Waals surface area contributed by atoms with Crippen molar-refractivity contribution < 1.29 is 22.3 Å². The third-order valence-corrected chi connectivity index (χ3v) is 6.27. The van der Waals surface area contributed by atoms with Crippen molar-refractivity contribution in [3.63, 3.8) is 0 Å². The van der Waals surface area contributed by atoms with Crippen LogP contribution in [-0.2, 0) is 16.3 Å². The monoisotopic (exact) mass is 392 g/mol. The molecule has 3 rings (SSSR count). The van der Waals surface area contributed by atoms with E-state index in [1.54, 1.807) is 20.2 Å². The van der Waals surface area contributed by atoms with Crippen LogP contribution in [0.15, 0.2) is 52.3 Å². The first-order valence-electron chi connectivity index (χ1n) is 8.54. The number of benzene rings is 2. The summed E-state index contributed by atoms with van der Waals surface area (Å²) >= 11 is 0. The third-order valence-electron chi connectivity index (χ3n) is 4.52. The standard InChI is InChI=1S/C19H21FN2O4S/c1-21-19(23)22(2)12-15-8-6-13-7-9-17(11-18(13)26-15)27(24,25)16-5-3-4-14(20)10-16/h3-5,7,9-11,15H,6,8,12H2,1-2H3,(H,21,23)/t15-/m1/s1. The van der Waals surface area contributed by atoms with Crippen LogP contribution in [0.2, 0.25) is 0 Å². The number of likely N-dealkylation sites (N-methyl/N-ethyl adjacent to an activating group) is 1.